The fourth-order valence-electron chi connectivity index (χ4n) is 4.97. The number of nitrogens with one attached hydrogen (secondary N) is 1. The summed E-state index contributed by atoms with van der Waals surface area (Å²) in [5.74, 6) is 0. The van der Waals surface area contributed by atoms with Gasteiger partial charge in [-0.25, -0.2) is 13.4 Å². The number of piperidine rings is 1. The van der Waals surface area contributed by atoms with Gasteiger partial charge in [0.15, 0.2) is 0 Å². The van der Waals surface area contributed by atoms with Gasteiger partial charge < -0.3 is 14.6 Å². The SMILES string of the molecule is CN(Cc1cnc(S(C)(=O)=O)n1C[C@@H]1CCCO1)C1CC(C)(C)NC(C)(C)C1. The molecule has 8 heteroatoms. The van der Waals surface area contributed by atoms with Gasteiger partial charge in [0.1, 0.15) is 0 Å². The monoisotopic (exact) mass is 412 g/mol. The highest BCUT2D eigenvalue weighted by Gasteiger charge is 2.39. The molecule has 7 nitrogen and oxygen atoms in total. The molecule has 0 spiro atoms. The summed E-state index contributed by atoms with van der Waals surface area (Å²) in [7, 11) is -1.25. The number of sulfone groups is 1. The van der Waals surface area contributed by atoms with Gasteiger partial charge in [-0.2, -0.15) is 0 Å². The first-order valence-corrected chi connectivity index (χ1v) is 12.1. The molecule has 1 N–H and O–H groups in total. The van der Waals surface area contributed by atoms with Crippen LogP contribution in [0.1, 0.15) is 59.1 Å². The van der Waals surface area contributed by atoms with Crippen LogP contribution in [0, 0.1) is 0 Å². The number of aromatic nitrogens is 2. The van der Waals surface area contributed by atoms with Crippen LogP contribution in [0.4, 0.5) is 0 Å². The Morgan fingerprint density at radius 1 is 1.29 bits per heavy atom. The normalized spacial score (nSPS) is 25.5. The maximum Gasteiger partial charge on any atom is 0.227 e. The molecule has 0 amide bonds. The van der Waals surface area contributed by atoms with Crippen molar-refractivity contribution in [2.24, 2.45) is 0 Å². The summed E-state index contributed by atoms with van der Waals surface area (Å²) < 4.78 is 32.1. The van der Waals surface area contributed by atoms with Gasteiger partial charge in [-0.1, -0.05) is 0 Å². The van der Waals surface area contributed by atoms with Crippen molar-refractivity contribution in [3.63, 3.8) is 0 Å². The molecule has 0 bridgehead atoms. The Bertz CT molecular complexity index is 778. The van der Waals surface area contributed by atoms with Crippen LogP contribution >= 0.6 is 0 Å². The Kier molecular flexibility index (Phi) is 5.98. The summed E-state index contributed by atoms with van der Waals surface area (Å²) >= 11 is 0. The fourth-order valence-corrected chi connectivity index (χ4v) is 5.80. The number of ether oxygens (including phenoxy) is 1. The summed E-state index contributed by atoms with van der Waals surface area (Å²) in [6.45, 7) is 11.0. The third kappa shape index (κ3) is 5.14. The van der Waals surface area contributed by atoms with Crippen LogP contribution in [0.2, 0.25) is 0 Å². The molecule has 160 valence electrons. The van der Waals surface area contributed by atoms with E-state index in [1.54, 1.807) is 6.20 Å². The maximum atomic E-state index is 12.3. The Balaban J connectivity index is 1.82. The molecule has 2 saturated heterocycles. The van der Waals surface area contributed by atoms with E-state index in [4.69, 9.17) is 4.74 Å². The molecule has 2 aliphatic rings. The number of imidazole rings is 1. The van der Waals surface area contributed by atoms with Crippen LogP contribution in [0.25, 0.3) is 0 Å². The minimum atomic E-state index is -3.38. The van der Waals surface area contributed by atoms with Gasteiger partial charge in [-0.15, -0.1) is 0 Å². The summed E-state index contributed by atoms with van der Waals surface area (Å²) in [4.78, 5) is 6.61. The third-order valence-corrected chi connectivity index (χ3v) is 6.84. The summed E-state index contributed by atoms with van der Waals surface area (Å²) in [6, 6.07) is 0.416. The molecule has 0 aromatic carbocycles. The number of rotatable bonds is 6. The van der Waals surface area contributed by atoms with Crippen molar-refractivity contribution in [1.82, 2.24) is 19.8 Å². The quantitative estimate of drug-likeness (QED) is 0.772. The maximum absolute atomic E-state index is 12.3. The number of hydrogen-bond acceptors (Lipinski definition) is 6. The first-order valence-electron chi connectivity index (χ1n) is 10.2. The zero-order valence-electron chi connectivity index (χ0n) is 18.2. The molecular weight excluding hydrogens is 376 g/mol. The van der Waals surface area contributed by atoms with Crippen LogP contribution < -0.4 is 5.32 Å². The Morgan fingerprint density at radius 2 is 1.93 bits per heavy atom. The van der Waals surface area contributed by atoms with Crippen molar-refractivity contribution in [2.75, 3.05) is 19.9 Å². The van der Waals surface area contributed by atoms with Crippen molar-refractivity contribution in [1.29, 1.82) is 0 Å². The number of hydrogen-bond donors (Lipinski definition) is 1. The molecule has 0 radical (unpaired) electrons. The lowest BCUT2D eigenvalue weighted by Gasteiger charge is -2.49. The predicted molar refractivity (Wildman–Crippen MR) is 110 cm³/mol. The minimum Gasteiger partial charge on any atom is -0.376 e. The van der Waals surface area contributed by atoms with Crippen LogP contribution in [0.5, 0.6) is 0 Å². The molecular formula is C20H36N4O3S. The van der Waals surface area contributed by atoms with Gasteiger partial charge in [0.05, 0.1) is 24.5 Å². The Morgan fingerprint density at radius 3 is 2.46 bits per heavy atom. The molecule has 0 aliphatic carbocycles. The lowest BCUT2D eigenvalue weighted by Crippen LogP contribution is -2.61. The molecule has 1 aromatic heterocycles. The first-order chi connectivity index (χ1) is 12.9. The van der Waals surface area contributed by atoms with Crippen molar-refractivity contribution in [3.05, 3.63) is 11.9 Å². The molecule has 1 aromatic rings. The van der Waals surface area contributed by atoms with Crippen LogP contribution in [0.15, 0.2) is 11.4 Å². The zero-order valence-corrected chi connectivity index (χ0v) is 19.0. The molecule has 3 heterocycles. The molecule has 3 rings (SSSR count). The van der Waals surface area contributed by atoms with Gasteiger partial charge in [0.2, 0.25) is 15.0 Å². The van der Waals surface area contributed by atoms with Gasteiger partial charge >= 0.3 is 0 Å². The Hall–Kier alpha value is -0.960. The average Bonchev–Trinajstić information content (AvgIpc) is 3.14. The second-order valence-corrected chi connectivity index (χ2v) is 11.8. The summed E-state index contributed by atoms with van der Waals surface area (Å²) in [5.41, 5.74) is 1.07. The van der Waals surface area contributed by atoms with E-state index in [0.29, 0.717) is 19.1 Å². The van der Waals surface area contributed by atoms with E-state index in [9.17, 15) is 8.42 Å². The topological polar surface area (TPSA) is 76.5 Å². The smallest absolute Gasteiger partial charge is 0.227 e. The van der Waals surface area contributed by atoms with E-state index in [0.717, 1.165) is 38.0 Å². The second kappa shape index (κ2) is 7.70. The minimum absolute atomic E-state index is 0.0653. The van der Waals surface area contributed by atoms with Crippen molar-refractivity contribution < 1.29 is 13.2 Å². The standard InChI is InChI=1S/C20H36N4O3S/c1-19(2)10-15(11-20(3,4)22-19)23(5)13-16-12-21-18(28(6,25)26)24(16)14-17-8-7-9-27-17/h12,15,17,22H,7-11,13-14H2,1-6H3/t17-/m0/s1. The first kappa shape index (κ1) is 21.7. The highest BCUT2D eigenvalue weighted by Crippen LogP contribution is 2.32. The van der Waals surface area contributed by atoms with Crippen molar-refractivity contribution in [2.45, 2.75) is 94.8 Å². The second-order valence-electron chi connectivity index (χ2n) is 9.92. The van der Waals surface area contributed by atoms with E-state index in [2.05, 4.69) is 49.9 Å². The Labute approximate surface area is 169 Å². The predicted octanol–water partition coefficient (Wildman–Crippen LogP) is 2.21. The van der Waals surface area contributed by atoms with E-state index in [1.807, 2.05) is 4.57 Å². The van der Waals surface area contributed by atoms with Gasteiger partial charge in [-0.05, 0) is 60.4 Å². The summed E-state index contributed by atoms with van der Waals surface area (Å²) in [5, 5.41) is 3.87. The molecule has 28 heavy (non-hydrogen) atoms. The average molecular weight is 413 g/mol. The van der Waals surface area contributed by atoms with Crippen LogP contribution in [-0.2, 0) is 27.7 Å². The zero-order chi connectivity index (χ0) is 20.7. The van der Waals surface area contributed by atoms with E-state index >= 15 is 0 Å². The molecule has 0 unspecified atom stereocenters. The third-order valence-electron chi connectivity index (χ3n) is 5.85. The molecule has 2 aliphatic heterocycles. The van der Waals surface area contributed by atoms with Gasteiger partial charge in [0.25, 0.3) is 0 Å². The lowest BCUT2D eigenvalue weighted by molar-refractivity contribution is 0.0736. The molecule has 2 fully saturated rings. The van der Waals surface area contributed by atoms with Gasteiger partial charge in [-0.3, -0.25) is 4.90 Å². The fraction of sp³-hybridized carbons (Fsp3) is 0.850. The van der Waals surface area contributed by atoms with E-state index in [1.165, 1.54) is 6.26 Å². The van der Waals surface area contributed by atoms with Gasteiger partial charge in [0, 0.05) is 36.5 Å². The highest BCUT2D eigenvalue weighted by molar-refractivity contribution is 7.90. The molecule has 1 atom stereocenters. The van der Waals surface area contributed by atoms with Crippen LogP contribution in [-0.4, -0.2) is 66.0 Å². The highest BCUT2D eigenvalue weighted by atomic mass is 32.2. The van der Waals surface area contributed by atoms with E-state index < -0.39 is 9.84 Å². The molecule has 0 saturated carbocycles. The largest absolute Gasteiger partial charge is 0.376 e. The number of nitrogens with zero attached hydrogens (tertiary/aromatic N) is 3. The summed E-state index contributed by atoms with van der Waals surface area (Å²) in [6.07, 6.45) is 7.11. The van der Waals surface area contributed by atoms with Crippen molar-refractivity contribution >= 4 is 9.84 Å². The lowest BCUT2D eigenvalue weighted by atomic mass is 9.79. The van der Waals surface area contributed by atoms with Crippen molar-refractivity contribution in [3.8, 4) is 0 Å². The van der Waals surface area contributed by atoms with Crippen LogP contribution in [0.3, 0.4) is 0 Å². The van der Waals surface area contributed by atoms with E-state index in [-0.39, 0.29) is 22.3 Å².